The molecule has 1 N–H and O–H groups in total. The molecule has 0 atom stereocenters. The number of fused-ring (bicyclic) bond motifs is 3. The Morgan fingerprint density at radius 1 is 1.35 bits per heavy atom. The molecule has 1 aliphatic carbocycles. The third kappa shape index (κ3) is 2.12. The van der Waals surface area contributed by atoms with E-state index in [4.69, 9.17) is 11.6 Å². The van der Waals surface area contributed by atoms with Crippen LogP contribution >= 0.6 is 11.6 Å². The Labute approximate surface area is 152 Å². The fourth-order valence-electron chi connectivity index (χ4n) is 3.56. The van der Waals surface area contributed by atoms with Crippen LogP contribution in [0.15, 0.2) is 35.3 Å². The summed E-state index contributed by atoms with van der Waals surface area (Å²) in [7, 11) is 0. The van der Waals surface area contributed by atoms with Crippen molar-refractivity contribution in [1.82, 2.24) is 19.7 Å². The van der Waals surface area contributed by atoms with Crippen molar-refractivity contribution in [2.75, 3.05) is 0 Å². The van der Waals surface area contributed by atoms with Crippen LogP contribution in [0.25, 0.3) is 27.5 Å². The van der Waals surface area contributed by atoms with E-state index in [0.29, 0.717) is 33.6 Å². The first kappa shape index (κ1) is 15.5. The fourth-order valence-corrected chi connectivity index (χ4v) is 3.72. The zero-order chi connectivity index (χ0) is 18.0. The maximum Gasteiger partial charge on any atom is 0.284 e. The summed E-state index contributed by atoms with van der Waals surface area (Å²) in [4.78, 5) is 17.8. The maximum absolute atomic E-state index is 14.2. The van der Waals surface area contributed by atoms with Gasteiger partial charge >= 0.3 is 0 Å². The lowest BCUT2D eigenvalue weighted by molar-refractivity contribution is 0.630. The van der Waals surface area contributed by atoms with Gasteiger partial charge in [-0.05, 0) is 44.0 Å². The van der Waals surface area contributed by atoms with Gasteiger partial charge in [0.1, 0.15) is 5.82 Å². The molecule has 5 rings (SSSR count). The first-order chi connectivity index (χ1) is 12.6. The molecule has 7 heteroatoms. The standard InChI is InChI=1S/C19H14ClFN4O/c1-9-16-11-7-13(21)12(20)8-15(11)25(19(26)18(16)24-23-9)14-3-2-6-22-17(14)10-4-5-10/h2-3,6-8,10H,4-5H2,1H3,(H,23,24). The molecule has 26 heavy (non-hydrogen) atoms. The van der Waals surface area contributed by atoms with Crippen LogP contribution in [-0.2, 0) is 0 Å². The van der Waals surface area contributed by atoms with Crippen molar-refractivity contribution in [3.8, 4) is 5.69 Å². The molecule has 0 unspecified atom stereocenters. The minimum atomic E-state index is -0.528. The van der Waals surface area contributed by atoms with E-state index in [9.17, 15) is 9.18 Å². The number of hydrogen-bond donors (Lipinski definition) is 1. The number of aryl methyl sites for hydroxylation is 1. The van der Waals surface area contributed by atoms with Crippen molar-refractivity contribution in [3.63, 3.8) is 0 Å². The van der Waals surface area contributed by atoms with Crippen LogP contribution in [0.1, 0.15) is 30.1 Å². The van der Waals surface area contributed by atoms with Crippen LogP contribution in [0.5, 0.6) is 0 Å². The highest BCUT2D eigenvalue weighted by atomic mass is 35.5. The maximum atomic E-state index is 14.2. The summed E-state index contributed by atoms with van der Waals surface area (Å²) < 4.78 is 15.8. The van der Waals surface area contributed by atoms with E-state index in [2.05, 4.69) is 15.2 Å². The van der Waals surface area contributed by atoms with Gasteiger partial charge < -0.3 is 0 Å². The van der Waals surface area contributed by atoms with E-state index in [1.165, 1.54) is 12.1 Å². The molecule has 5 nitrogen and oxygen atoms in total. The van der Waals surface area contributed by atoms with Crippen LogP contribution in [0.3, 0.4) is 0 Å². The molecule has 0 aliphatic heterocycles. The third-order valence-electron chi connectivity index (χ3n) is 4.92. The second-order valence-corrected chi connectivity index (χ2v) is 7.09. The normalized spacial score (nSPS) is 14.4. The van der Waals surface area contributed by atoms with E-state index in [-0.39, 0.29) is 16.1 Å². The van der Waals surface area contributed by atoms with E-state index in [1.54, 1.807) is 16.8 Å². The molecule has 130 valence electrons. The number of nitrogens with zero attached hydrogens (tertiary/aromatic N) is 3. The van der Waals surface area contributed by atoms with Gasteiger partial charge in [-0.3, -0.25) is 19.4 Å². The van der Waals surface area contributed by atoms with Crippen molar-refractivity contribution in [3.05, 3.63) is 63.0 Å². The zero-order valence-corrected chi connectivity index (χ0v) is 14.6. The lowest BCUT2D eigenvalue weighted by Crippen LogP contribution is -2.21. The second kappa shape index (κ2) is 5.38. The Balaban J connectivity index is 2.01. The lowest BCUT2D eigenvalue weighted by atomic mass is 10.1. The Hall–Kier alpha value is -2.73. The van der Waals surface area contributed by atoms with Crippen LogP contribution < -0.4 is 5.56 Å². The third-order valence-corrected chi connectivity index (χ3v) is 5.21. The molecule has 1 aromatic carbocycles. The number of aromatic amines is 1. The molecule has 0 radical (unpaired) electrons. The Morgan fingerprint density at radius 2 is 2.15 bits per heavy atom. The largest absolute Gasteiger partial charge is 0.284 e. The van der Waals surface area contributed by atoms with E-state index >= 15 is 0 Å². The van der Waals surface area contributed by atoms with Gasteiger partial charge in [0.15, 0.2) is 5.52 Å². The number of pyridine rings is 2. The quantitative estimate of drug-likeness (QED) is 0.575. The predicted octanol–water partition coefficient (Wildman–Crippen LogP) is 4.24. The molecule has 0 saturated heterocycles. The highest BCUT2D eigenvalue weighted by molar-refractivity contribution is 6.31. The molecule has 3 heterocycles. The molecule has 3 aromatic heterocycles. The monoisotopic (exact) mass is 368 g/mol. The van der Waals surface area contributed by atoms with Crippen LogP contribution in [-0.4, -0.2) is 19.7 Å². The molecular weight excluding hydrogens is 355 g/mol. The molecule has 4 aromatic rings. The minimum Gasteiger partial charge on any atom is -0.281 e. The number of benzene rings is 1. The number of aromatic nitrogens is 4. The van der Waals surface area contributed by atoms with Crippen molar-refractivity contribution in [2.24, 2.45) is 0 Å². The average Bonchev–Trinajstić information content (AvgIpc) is 3.40. The van der Waals surface area contributed by atoms with Crippen LogP contribution in [0, 0.1) is 12.7 Å². The summed E-state index contributed by atoms with van der Waals surface area (Å²) in [6.45, 7) is 1.81. The molecule has 0 spiro atoms. The summed E-state index contributed by atoms with van der Waals surface area (Å²) in [5, 5.41) is 8.19. The Bertz CT molecular complexity index is 1260. The van der Waals surface area contributed by atoms with Gasteiger partial charge in [0.2, 0.25) is 0 Å². The summed E-state index contributed by atoms with van der Waals surface area (Å²) in [5.74, 6) is -0.180. The first-order valence-corrected chi connectivity index (χ1v) is 8.78. The summed E-state index contributed by atoms with van der Waals surface area (Å²) in [6.07, 6.45) is 3.83. The van der Waals surface area contributed by atoms with Crippen molar-refractivity contribution < 1.29 is 4.39 Å². The van der Waals surface area contributed by atoms with Gasteiger partial charge in [-0.15, -0.1) is 0 Å². The SMILES string of the molecule is Cc1[nH]nc2c(=O)n(-c3cccnc3C3CC3)c3cc(Cl)c(F)cc3c12. The predicted molar refractivity (Wildman–Crippen MR) is 98.7 cm³/mol. The Kier molecular flexibility index (Phi) is 3.21. The lowest BCUT2D eigenvalue weighted by Gasteiger charge is -2.15. The van der Waals surface area contributed by atoms with Gasteiger partial charge in [0.25, 0.3) is 5.56 Å². The van der Waals surface area contributed by atoms with Gasteiger partial charge in [-0.25, -0.2) is 4.39 Å². The highest BCUT2D eigenvalue weighted by Gasteiger charge is 2.29. The summed E-state index contributed by atoms with van der Waals surface area (Å²) in [6, 6.07) is 6.53. The molecule has 1 fully saturated rings. The van der Waals surface area contributed by atoms with Crippen LogP contribution in [0.4, 0.5) is 4.39 Å². The average molecular weight is 369 g/mol. The molecule has 1 saturated carbocycles. The highest BCUT2D eigenvalue weighted by Crippen LogP contribution is 2.42. The summed E-state index contributed by atoms with van der Waals surface area (Å²) >= 11 is 6.05. The Morgan fingerprint density at radius 3 is 2.92 bits per heavy atom. The zero-order valence-electron chi connectivity index (χ0n) is 13.9. The van der Waals surface area contributed by atoms with Crippen LogP contribution in [0.2, 0.25) is 5.02 Å². The van der Waals surface area contributed by atoms with E-state index in [0.717, 1.165) is 18.5 Å². The fraction of sp³-hybridized carbons (Fsp3) is 0.211. The van der Waals surface area contributed by atoms with Gasteiger partial charge in [-0.1, -0.05) is 11.6 Å². The number of rotatable bonds is 2. The number of H-pyrrole nitrogens is 1. The first-order valence-electron chi connectivity index (χ1n) is 8.40. The van der Waals surface area contributed by atoms with Crippen molar-refractivity contribution in [2.45, 2.75) is 25.7 Å². The minimum absolute atomic E-state index is 0.0250. The van der Waals surface area contributed by atoms with E-state index < -0.39 is 5.82 Å². The number of halogens is 2. The molecule has 0 amide bonds. The van der Waals surface area contributed by atoms with Gasteiger partial charge in [0.05, 0.1) is 21.9 Å². The van der Waals surface area contributed by atoms with Gasteiger partial charge in [-0.2, -0.15) is 5.10 Å². The number of nitrogens with one attached hydrogen (secondary N) is 1. The second-order valence-electron chi connectivity index (χ2n) is 6.68. The van der Waals surface area contributed by atoms with E-state index in [1.807, 2.05) is 13.0 Å². The molecular formula is C19H14ClFN4O. The topological polar surface area (TPSA) is 63.6 Å². The van der Waals surface area contributed by atoms with Gasteiger partial charge in [0, 0.05) is 28.6 Å². The number of hydrogen-bond acceptors (Lipinski definition) is 3. The molecule has 1 aliphatic rings. The molecule has 0 bridgehead atoms. The van der Waals surface area contributed by atoms with Crippen molar-refractivity contribution in [1.29, 1.82) is 0 Å². The summed E-state index contributed by atoms with van der Waals surface area (Å²) in [5.41, 5.74) is 2.85. The smallest absolute Gasteiger partial charge is 0.281 e. The van der Waals surface area contributed by atoms with Crippen molar-refractivity contribution >= 4 is 33.4 Å².